The number of hydrogen-bond acceptors (Lipinski definition) is 2. The van der Waals surface area contributed by atoms with Gasteiger partial charge in [-0.05, 0) is 23.8 Å². The van der Waals surface area contributed by atoms with E-state index in [1.54, 1.807) is 24.3 Å². The summed E-state index contributed by atoms with van der Waals surface area (Å²) < 4.78 is 0. The molecule has 1 N–H and O–H groups in total. The first-order valence-electron chi connectivity index (χ1n) is 4.70. The molecule has 0 saturated heterocycles. The van der Waals surface area contributed by atoms with Crippen LogP contribution in [0.5, 0.6) is 0 Å². The molecule has 0 atom stereocenters. The number of nitriles is 1. The number of rotatable bonds is 1. The third kappa shape index (κ3) is 2.19. The number of pyridine rings is 1. The van der Waals surface area contributed by atoms with Gasteiger partial charge in [0.1, 0.15) is 11.6 Å². The Kier molecular flexibility index (Phi) is 3.19. The van der Waals surface area contributed by atoms with Crippen molar-refractivity contribution in [3.63, 3.8) is 0 Å². The summed E-state index contributed by atoms with van der Waals surface area (Å²) in [6, 6.07) is 8.49. The van der Waals surface area contributed by atoms with E-state index in [4.69, 9.17) is 28.5 Å². The van der Waals surface area contributed by atoms with E-state index < -0.39 is 5.56 Å². The van der Waals surface area contributed by atoms with Crippen molar-refractivity contribution < 1.29 is 0 Å². The lowest BCUT2D eigenvalue weighted by molar-refractivity contribution is 1.22. The maximum Gasteiger partial charge on any atom is 0.266 e. The summed E-state index contributed by atoms with van der Waals surface area (Å²) in [7, 11) is 0. The number of benzene rings is 1. The molecule has 1 aromatic carbocycles. The second-order valence-corrected chi connectivity index (χ2v) is 4.15. The molecule has 17 heavy (non-hydrogen) atoms. The van der Waals surface area contributed by atoms with E-state index in [9.17, 15) is 4.79 Å². The average molecular weight is 265 g/mol. The maximum absolute atomic E-state index is 11.5. The highest BCUT2D eigenvalue weighted by Gasteiger charge is 2.09. The van der Waals surface area contributed by atoms with Crippen LogP contribution in [0.1, 0.15) is 5.56 Å². The molecule has 1 heterocycles. The van der Waals surface area contributed by atoms with E-state index in [0.717, 1.165) is 0 Å². The summed E-state index contributed by atoms with van der Waals surface area (Å²) in [4.78, 5) is 13.9. The molecule has 0 aliphatic carbocycles. The first-order valence-corrected chi connectivity index (χ1v) is 5.46. The zero-order valence-electron chi connectivity index (χ0n) is 8.50. The molecule has 5 heteroatoms. The number of halogens is 2. The number of H-pyrrole nitrogens is 1. The number of aromatic nitrogens is 1. The van der Waals surface area contributed by atoms with Crippen LogP contribution in [0.25, 0.3) is 11.1 Å². The van der Waals surface area contributed by atoms with Crippen molar-refractivity contribution >= 4 is 23.2 Å². The molecule has 0 amide bonds. The number of nitrogens with zero attached hydrogens (tertiary/aromatic N) is 1. The van der Waals surface area contributed by atoms with Crippen molar-refractivity contribution in [3.05, 3.63) is 56.4 Å². The summed E-state index contributed by atoms with van der Waals surface area (Å²) in [5.74, 6) is 0. The lowest BCUT2D eigenvalue weighted by Crippen LogP contribution is -2.10. The molecular weight excluding hydrogens is 259 g/mol. The Labute approximate surface area is 107 Å². The predicted molar refractivity (Wildman–Crippen MR) is 67.2 cm³/mol. The van der Waals surface area contributed by atoms with Crippen LogP contribution < -0.4 is 5.56 Å². The normalized spacial score (nSPS) is 9.94. The molecule has 0 radical (unpaired) electrons. The molecular formula is C12H6Cl2N2O. The van der Waals surface area contributed by atoms with E-state index in [1.807, 2.05) is 6.07 Å². The van der Waals surface area contributed by atoms with Gasteiger partial charge in [0.05, 0.1) is 10.0 Å². The van der Waals surface area contributed by atoms with Crippen LogP contribution in [-0.4, -0.2) is 4.98 Å². The van der Waals surface area contributed by atoms with Crippen molar-refractivity contribution in [2.24, 2.45) is 0 Å². The highest BCUT2D eigenvalue weighted by molar-refractivity contribution is 6.42. The Morgan fingerprint density at radius 2 is 1.94 bits per heavy atom. The SMILES string of the molecule is N#Cc1c(-c2ccc(Cl)c(Cl)c2)cc[nH]c1=O. The standard InChI is InChI=1S/C12H6Cl2N2O/c13-10-2-1-7(5-11(10)14)8-3-4-16-12(17)9(8)6-15/h1-5H,(H,16,17). The zero-order chi connectivity index (χ0) is 12.4. The highest BCUT2D eigenvalue weighted by Crippen LogP contribution is 2.29. The summed E-state index contributed by atoms with van der Waals surface area (Å²) in [5.41, 5.74) is 0.860. The molecule has 0 fully saturated rings. The molecule has 2 rings (SSSR count). The number of nitrogens with one attached hydrogen (secondary N) is 1. The highest BCUT2D eigenvalue weighted by atomic mass is 35.5. The molecule has 0 unspecified atom stereocenters. The number of aromatic amines is 1. The molecule has 0 bridgehead atoms. The lowest BCUT2D eigenvalue weighted by atomic mass is 10.0. The molecule has 84 valence electrons. The van der Waals surface area contributed by atoms with Gasteiger partial charge in [-0.15, -0.1) is 0 Å². The smallest absolute Gasteiger partial charge is 0.266 e. The third-order valence-electron chi connectivity index (χ3n) is 2.30. The fraction of sp³-hybridized carbons (Fsp3) is 0. The molecule has 0 aliphatic heterocycles. The summed E-state index contributed by atoms with van der Waals surface area (Å²) in [6.45, 7) is 0. The van der Waals surface area contributed by atoms with Crippen LogP contribution >= 0.6 is 23.2 Å². The fourth-order valence-corrected chi connectivity index (χ4v) is 1.79. The molecule has 3 nitrogen and oxygen atoms in total. The van der Waals surface area contributed by atoms with Gasteiger partial charge in [0.2, 0.25) is 0 Å². The molecule has 1 aromatic heterocycles. The minimum atomic E-state index is -0.420. The van der Waals surface area contributed by atoms with E-state index in [2.05, 4.69) is 4.98 Å². The summed E-state index contributed by atoms with van der Waals surface area (Å²) in [5, 5.41) is 9.77. The quantitative estimate of drug-likeness (QED) is 0.860. The predicted octanol–water partition coefficient (Wildman–Crippen LogP) is 3.22. The molecule has 0 spiro atoms. The Hall–Kier alpha value is -1.76. The lowest BCUT2D eigenvalue weighted by Gasteiger charge is -2.04. The largest absolute Gasteiger partial charge is 0.328 e. The van der Waals surface area contributed by atoms with Crippen LogP contribution in [0, 0.1) is 11.3 Å². The van der Waals surface area contributed by atoms with Crippen LogP contribution in [0.4, 0.5) is 0 Å². The van der Waals surface area contributed by atoms with Crippen molar-refractivity contribution in [1.29, 1.82) is 5.26 Å². The Bertz CT molecular complexity index is 671. The van der Waals surface area contributed by atoms with E-state index in [0.29, 0.717) is 21.2 Å². The van der Waals surface area contributed by atoms with Crippen molar-refractivity contribution in [2.75, 3.05) is 0 Å². The van der Waals surface area contributed by atoms with Gasteiger partial charge in [0, 0.05) is 11.8 Å². The second kappa shape index (κ2) is 4.62. The second-order valence-electron chi connectivity index (χ2n) is 3.34. The Morgan fingerprint density at radius 1 is 1.18 bits per heavy atom. The van der Waals surface area contributed by atoms with E-state index in [1.165, 1.54) is 6.20 Å². The first-order chi connectivity index (χ1) is 8.13. The zero-order valence-corrected chi connectivity index (χ0v) is 10.0. The van der Waals surface area contributed by atoms with Crippen molar-refractivity contribution in [1.82, 2.24) is 4.98 Å². The minimum Gasteiger partial charge on any atom is -0.328 e. The molecule has 0 aliphatic rings. The molecule has 0 saturated carbocycles. The number of hydrogen-bond donors (Lipinski definition) is 1. The monoisotopic (exact) mass is 264 g/mol. The van der Waals surface area contributed by atoms with Gasteiger partial charge in [0.25, 0.3) is 5.56 Å². The first kappa shape index (κ1) is 11.7. The van der Waals surface area contributed by atoms with Crippen molar-refractivity contribution in [2.45, 2.75) is 0 Å². The topological polar surface area (TPSA) is 56.6 Å². The van der Waals surface area contributed by atoms with Gasteiger partial charge in [-0.2, -0.15) is 5.26 Å². The Balaban J connectivity index is 2.69. The summed E-state index contributed by atoms with van der Waals surface area (Å²) >= 11 is 11.7. The van der Waals surface area contributed by atoms with Crippen LogP contribution in [0.3, 0.4) is 0 Å². The van der Waals surface area contributed by atoms with Crippen LogP contribution in [-0.2, 0) is 0 Å². The average Bonchev–Trinajstić information content (AvgIpc) is 2.32. The van der Waals surface area contributed by atoms with Crippen LogP contribution in [0.15, 0.2) is 35.3 Å². The fourth-order valence-electron chi connectivity index (χ4n) is 1.49. The van der Waals surface area contributed by atoms with Gasteiger partial charge < -0.3 is 4.98 Å². The van der Waals surface area contributed by atoms with Gasteiger partial charge in [-0.1, -0.05) is 29.3 Å². The van der Waals surface area contributed by atoms with Gasteiger partial charge in [-0.3, -0.25) is 4.79 Å². The van der Waals surface area contributed by atoms with Gasteiger partial charge >= 0.3 is 0 Å². The Morgan fingerprint density at radius 3 is 2.59 bits per heavy atom. The van der Waals surface area contributed by atoms with Crippen molar-refractivity contribution in [3.8, 4) is 17.2 Å². The minimum absolute atomic E-state index is 0.0610. The summed E-state index contributed by atoms with van der Waals surface area (Å²) in [6.07, 6.45) is 1.49. The van der Waals surface area contributed by atoms with Gasteiger partial charge in [0.15, 0.2) is 0 Å². The molecule has 2 aromatic rings. The maximum atomic E-state index is 11.5. The van der Waals surface area contributed by atoms with Crippen LogP contribution in [0.2, 0.25) is 10.0 Å². The third-order valence-corrected chi connectivity index (χ3v) is 3.04. The van der Waals surface area contributed by atoms with E-state index >= 15 is 0 Å². The van der Waals surface area contributed by atoms with Gasteiger partial charge in [-0.25, -0.2) is 0 Å². The van der Waals surface area contributed by atoms with E-state index in [-0.39, 0.29) is 5.56 Å².